The highest BCUT2D eigenvalue weighted by atomic mass is 16.1. The van der Waals surface area contributed by atoms with E-state index in [1.54, 1.807) is 0 Å². The molecule has 0 aliphatic rings. The van der Waals surface area contributed by atoms with Crippen molar-refractivity contribution in [2.24, 2.45) is 0 Å². The number of aromatic nitrogens is 1. The van der Waals surface area contributed by atoms with E-state index in [-0.39, 0.29) is 5.91 Å². The molecule has 1 N–H and O–H groups in total. The van der Waals surface area contributed by atoms with Gasteiger partial charge in [0, 0.05) is 29.6 Å². The number of rotatable bonds is 3. The summed E-state index contributed by atoms with van der Waals surface area (Å²) in [5, 5.41) is 2.82. The number of nitrogens with one attached hydrogen (secondary N) is 1. The molecule has 0 saturated heterocycles. The van der Waals surface area contributed by atoms with E-state index in [2.05, 4.69) is 10.3 Å². The fourth-order valence-corrected chi connectivity index (χ4v) is 1.63. The minimum Gasteiger partial charge on any atom is -0.326 e. The number of carbonyl (C=O) groups is 1. The van der Waals surface area contributed by atoms with Crippen molar-refractivity contribution in [1.82, 2.24) is 4.98 Å². The van der Waals surface area contributed by atoms with Gasteiger partial charge in [-0.05, 0) is 30.7 Å². The zero-order chi connectivity index (χ0) is 13.0. The summed E-state index contributed by atoms with van der Waals surface area (Å²) in [5.41, 5.74) is 4.00. The second kappa shape index (κ2) is 5.45. The Hall–Kier alpha value is -2.16. The van der Waals surface area contributed by atoms with Crippen molar-refractivity contribution in [3.8, 4) is 11.1 Å². The average Bonchev–Trinajstić information content (AvgIpc) is 2.40. The first-order valence-corrected chi connectivity index (χ1v) is 6.02. The molecule has 0 radical (unpaired) electrons. The fourth-order valence-electron chi connectivity index (χ4n) is 1.63. The number of pyridine rings is 1. The number of nitrogens with zero attached hydrogens (tertiary/aromatic N) is 1. The molecule has 0 unspecified atom stereocenters. The number of carbonyl (C=O) groups excluding carboxylic acids is 1. The maximum absolute atomic E-state index is 11.3. The molecule has 0 atom stereocenters. The molecule has 0 aliphatic carbocycles. The Morgan fingerprint density at radius 1 is 1.11 bits per heavy atom. The second-order valence-electron chi connectivity index (χ2n) is 4.17. The van der Waals surface area contributed by atoms with Crippen LogP contribution in [0.4, 0.5) is 5.69 Å². The van der Waals surface area contributed by atoms with E-state index in [9.17, 15) is 4.79 Å². The molecule has 1 heterocycles. The van der Waals surface area contributed by atoms with Crippen molar-refractivity contribution in [2.75, 3.05) is 5.32 Å². The minimum atomic E-state index is 0.0275. The molecule has 1 aromatic carbocycles. The Morgan fingerprint density at radius 2 is 1.78 bits per heavy atom. The summed E-state index contributed by atoms with van der Waals surface area (Å²) < 4.78 is 0. The summed E-state index contributed by atoms with van der Waals surface area (Å²) in [4.78, 5) is 15.5. The van der Waals surface area contributed by atoms with Crippen LogP contribution in [0.2, 0.25) is 0 Å². The van der Waals surface area contributed by atoms with Crippen molar-refractivity contribution >= 4 is 11.6 Å². The van der Waals surface area contributed by atoms with Gasteiger partial charge < -0.3 is 5.32 Å². The van der Waals surface area contributed by atoms with Crippen LogP contribution in [0.1, 0.15) is 19.0 Å². The van der Waals surface area contributed by atoms with Gasteiger partial charge in [-0.2, -0.15) is 0 Å². The van der Waals surface area contributed by atoms with Crippen LogP contribution in [-0.4, -0.2) is 10.9 Å². The largest absolute Gasteiger partial charge is 0.326 e. The van der Waals surface area contributed by atoms with E-state index in [1.807, 2.05) is 56.4 Å². The molecular weight excluding hydrogens is 224 g/mol. The smallest absolute Gasteiger partial charge is 0.224 e. The molecule has 18 heavy (non-hydrogen) atoms. The van der Waals surface area contributed by atoms with Crippen LogP contribution in [0.25, 0.3) is 11.1 Å². The molecule has 3 nitrogen and oxygen atoms in total. The molecule has 0 spiro atoms. The highest BCUT2D eigenvalue weighted by Gasteiger charge is 2.01. The average molecular weight is 240 g/mol. The zero-order valence-electron chi connectivity index (χ0n) is 10.6. The van der Waals surface area contributed by atoms with Gasteiger partial charge in [0.05, 0.1) is 0 Å². The monoisotopic (exact) mass is 240 g/mol. The van der Waals surface area contributed by atoms with Gasteiger partial charge in [0.2, 0.25) is 5.91 Å². The van der Waals surface area contributed by atoms with Crippen molar-refractivity contribution in [3.63, 3.8) is 0 Å². The fraction of sp³-hybridized carbons (Fsp3) is 0.200. The third-order valence-electron chi connectivity index (χ3n) is 2.73. The molecule has 3 heteroatoms. The summed E-state index contributed by atoms with van der Waals surface area (Å²) in [6, 6.07) is 11.8. The Balaban J connectivity index is 2.17. The van der Waals surface area contributed by atoms with Crippen molar-refractivity contribution in [1.29, 1.82) is 0 Å². The molecule has 1 amide bonds. The van der Waals surface area contributed by atoms with Crippen molar-refractivity contribution in [2.45, 2.75) is 20.3 Å². The second-order valence-corrected chi connectivity index (χ2v) is 4.17. The van der Waals surface area contributed by atoms with Gasteiger partial charge in [-0.15, -0.1) is 0 Å². The number of anilines is 1. The highest BCUT2D eigenvalue weighted by Crippen LogP contribution is 2.20. The third-order valence-corrected chi connectivity index (χ3v) is 2.73. The minimum absolute atomic E-state index is 0.0275. The van der Waals surface area contributed by atoms with Gasteiger partial charge in [0.25, 0.3) is 0 Å². The first-order chi connectivity index (χ1) is 8.69. The van der Waals surface area contributed by atoms with E-state index < -0.39 is 0 Å². The molecule has 2 aromatic rings. The summed E-state index contributed by atoms with van der Waals surface area (Å²) >= 11 is 0. The van der Waals surface area contributed by atoms with E-state index in [0.717, 1.165) is 22.5 Å². The molecule has 0 aliphatic heterocycles. The lowest BCUT2D eigenvalue weighted by atomic mass is 10.1. The van der Waals surface area contributed by atoms with Gasteiger partial charge in [0.1, 0.15) is 0 Å². The Labute approximate surface area is 107 Å². The van der Waals surface area contributed by atoms with E-state index >= 15 is 0 Å². The zero-order valence-corrected chi connectivity index (χ0v) is 10.6. The lowest BCUT2D eigenvalue weighted by Gasteiger charge is -2.05. The maximum Gasteiger partial charge on any atom is 0.224 e. The van der Waals surface area contributed by atoms with Crippen LogP contribution in [-0.2, 0) is 4.79 Å². The van der Waals surface area contributed by atoms with Crippen LogP contribution in [0.15, 0.2) is 42.6 Å². The summed E-state index contributed by atoms with van der Waals surface area (Å²) in [7, 11) is 0. The molecule has 1 aromatic heterocycles. The van der Waals surface area contributed by atoms with E-state index in [4.69, 9.17) is 0 Å². The van der Waals surface area contributed by atoms with Gasteiger partial charge >= 0.3 is 0 Å². The van der Waals surface area contributed by atoms with Crippen LogP contribution in [0, 0.1) is 6.92 Å². The summed E-state index contributed by atoms with van der Waals surface area (Å²) in [6.07, 6.45) is 2.35. The first kappa shape index (κ1) is 12.3. The van der Waals surface area contributed by atoms with Gasteiger partial charge in [0.15, 0.2) is 0 Å². The molecule has 0 saturated carbocycles. The molecule has 92 valence electrons. The van der Waals surface area contributed by atoms with Crippen LogP contribution in [0.3, 0.4) is 0 Å². The number of hydrogen-bond donors (Lipinski definition) is 1. The predicted molar refractivity (Wildman–Crippen MR) is 73.3 cm³/mol. The molecule has 2 rings (SSSR count). The topological polar surface area (TPSA) is 42.0 Å². The van der Waals surface area contributed by atoms with Gasteiger partial charge in [-0.1, -0.05) is 25.1 Å². The predicted octanol–water partition coefficient (Wildman–Crippen LogP) is 3.41. The van der Waals surface area contributed by atoms with E-state index in [0.29, 0.717) is 6.42 Å². The molecule has 0 bridgehead atoms. The number of aryl methyl sites for hydroxylation is 1. The maximum atomic E-state index is 11.3. The van der Waals surface area contributed by atoms with Gasteiger partial charge in [-0.25, -0.2) is 0 Å². The number of benzene rings is 1. The highest BCUT2D eigenvalue weighted by molar-refractivity contribution is 5.90. The normalized spacial score (nSPS) is 10.1. The number of amides is 1. The van der Waals surface area contributed by atoms with Crippen LogP contribution < -0.4 is 5.32 Å². The van der Waals surface area contributed by atoms with Crippen molar-refractivity contribution < 1.29 is 4.79 Å². The lowest BCUT2D eigenvalue weighted by molar-refractivity contribution is -0.115. The van der Waals surface area contributed by atoms with Crippen LogP contribution in [0.5, 0.6) is 0 Å². The van der Waals surface area contributed by atoms with Crippen molar-refractivity contribution in [3.05, 3.63) is 48.3 Å². The number of hydrogen-bond acceptors (Lipinski definition) is 2. The first-order valence-electron chi connectivity index (χ1n) is 6.02. The standard InChI is InChI=1S/C15H16N2O/c1-3-15(18)17-14-8-6-12(7-9-14)13-5-4-11(2)16-10-13/h4-10H,3H2,1-2H3,(H,17,18). The lowest BCUT2D eigenvalue weighted by Crippen LogP contribution is -2.08. The summed E-state index contributed by atoms with van der Waals surface area (Å²) in [6.45, 7) is 3.80. The molecule has 0 fully saturated rings. The van der Waals surface area contributed by atoms with Gasteiger partial charge in [-0.3, -0.25) is 9.78 Å². The van der Waals surface area contributed by atoms with E-state index in [1.165, 1.54) is 0 Å². The Bertz CT molecular complexity index is 529. The SMILES string of the molecule is CCC(=O)Nc1ccc(-c2ccc(C)nc2)cc1. The third kappa shape index (κ3) is 2.94. The molecular formula is C15H16N2O. The Morgan fingerprint density at radius 3 is 2.33 bits per heavy atom. The Kier molecular flexibility index (Phi) is 3.72. The van der Waals surface area contributed by atoms with Crippen LogP contribution >= 0.6 is 0 Å². The quantitative estimate of drug-likeness (QED) is 0.893. The summed E-state index contributed by atoms with van der Waals surface area (Å²) in [5.74, 6) is 0.0275.